The molecule has 0 bridgehead atoms. The second kappa shape index (κ2) is 5.65. The molecule has 0 spiro atoms. The Hall–Kier alpha value is -2.16. The molecule has 0 fully saturated rings. The number of aliphatic imine (C=N–C) groups is 1. The molecule has 19 heavy (non-hydrogen) atoms. The van der Waals surface area contributed by atoms with Crippen molar-refractivity contribution in [3.8, 4) is 5.75 Å². The van der Waals surface area contributed by atoms with Crippen LogP contribution in [0.1, 0.15) is 23.6 Å². The Bertz CT molecular complexity index is 620. The molecule has 0 aliphatic rings. The van der Waals surface area contributed by atoms with Crippen LogP contribution < -0.4 is 0 Å². The van der Waals surface area contributed by atoms with Gasteiger partial charge in [0.05, 0.1) is 6.54 Å². The van der Waals surface area contributed by atoms with Gasteiger partial charge >= 0.3 is 0 Å². The highest BCUT2D eigenvalue weighted by molar-refractivity contribution is 6.00. The van der Waals surface area contributed by atoms with Gasteiger partial charge in [-0.25, -0.2) is 4.39 Å². The Morgan fingerprint density at radius 3 is 2.63 bits per heavy atom. The fourth-order valence-electron chi connectivity index (χ4n) is 1.97. The van der Waals surface area contributed by atoms with Crippen molar-refractivity contribution in [2.75, 3.05) is 0 Å². The van der Waals surface area contributed by atoms with E-state index in [0.717, 1.165) is 16.8 Å². The van der Waals surface area contributed by atoms with Gasteiger partial charge in [-0.2, -0.15) is 0 Å². The van der Waals surface area contributed by atoms with E-state index in [1.54, 1.807) is 30.3 Å². The highest BCUT2D eigenvalue weighted by Crippen LogP contribution is 2.17. The zero-order chi connectivity index (χ0) is 13.8. The summed E-state index contributed by atoms with van der Waals surface area (Å²) in [6.07, 6.45) is 0. The molecular formula is C16H16FNO. The SMILES string of the molecule is C/C(=N\Cc1ccccc1F)c1ccc(O)cc1C. The molecule has 0 saturated heterocycles. The Morgan fingerprint density at radius 2 is 1.95 bits per heavy atom. The molecule has 98 valence electrons. The van der Waals surface area contributed by atoms with Gasteiger partial charge in [0.2, 0.25) is 0 Å². The number of phenols is 1. The highest BCUT2D eigenvalue weighted by atomic mass is 19.1. The number of hydrogen-bond acceptors (Lipinski definition) is 2. The lowest BCUT2D eigenvalue weighted by molar-refractivity contribution is 0.475. The third-order valence-corrected chi connectivity index (χ3v) is 3.04. The fourth-order valence-corrected chi connectivity index (χ4v) is 1.97. The second-order valence-electron chi connectivity index (χ2n) is 4.49. The van der Waals surface area contributed by atoms with Crippen LogP contribution in [-0.2, 0) is 6.54 Å². The van der Waals surface area contributed by atoms with Crippen molar-refractivity contribution in [2.24, 2.45) is 4.99 Å². The molecule has 2 nitrogen and oxygen atoms in total. The van der Waals surface area contributed by atoms with Gasteiger partial charge in [-0.1, -0.05) is 18.2 Å². The van der Waals surface area contributed by atoms with E-state index in [2.05, 4.69) is 4.99 Å². The Labute approximate surface area is 112 Å². The van der Waals surface area contributed by atoms with Gasteiger partial charge in [0.15, 0.2) is 0 Å². The lowest BCUT2D eigenvalue weighted by Gasteiger charge is -2.06. The number of halogens is 1. The number of nitrogens with zero attached hydrogens (tertiary/aromatic N) is 1. The summed E-state index contributed by atoms with van der Waals surface area (Å²) in [5.41, 5.74) is 3.34. The molecule has 2 aromatic rings. The molecular weight excluding hydrogens is 241 g/mol. The minimum Gasteiger partial charge on any atom is -0.508 e. The molecule has 3 heteroatoms. The van der Waals surface area contributed by atoms with Crippen molar-refractivity contribution >= 4 is 5.71 Å². The van der Waals surface area contributed by atoms with Crippen LogP contribution in [0.25, 0.3) is 0 Å². The fraction of sp³-hybridized carbons (Fsp3) is 0.188. The minimum absolute atomic E-state index is 0.235. The average molecular weight is 257 g/mol. The zero-order valence-corrected chi connectivity index (χ0v) is 11.0. The number of aryl methyl sites for hydroxylation is 1. The minimum atomic E-state index is -0.235. The van der Waals surface area contributed by atoms with E-state index in [0.29, 0.717) is 12.1 Å². The Kier molecular flexibility index (Phi) is 3.95. The van der Waals surface area contributed by atoms with Gasteiger partial charge < -0.3 is 5.11 Å². The van der Waals surface area contributed by atoms with Crippen LogP contribution in [0, 0.1) is 12.7 Å². The second-order valence-corrected chi connectivity index (χ2v) is 4.49. The van der Waals surface area contributed by atoms with Crippen molar-refractivity contribution in [3.05, 3.63) is 65.0 Å². The predicted octanol–water partition coefficient (Wildman–Crippen LogP) is 3.85. The van der Waals surface area contributed by atoms with Crippen LogP contribution in [0.2, 0.25) is 0 Å². The van der Waals surface area contributed by atoms with Crippen LogP contribution in [0.15, 0.2) is 47.5 Å². The molecule has 0 unspecified atom stereocenters. The first-order valence-corrected chi connectivity index (χ1v) is 6.12. The lowest BCUT2D eigenvalue weighted by atomic mass is 10.0. The summed E-state index contributed by atoms with van der Waals surface area (Å²) < 4.78 is 13.5. The maximum absolute atomic E-state index is 13.5. The van der Waals surface area contributed by atoms with Gasteiger partial charge in [-0.3, -0.25) is 4.99 Å². The van der Waals surface area contributed by atoms with E-state index in [4.69, 9.17) is 0 Å². The van der Waals surface area contributed by atoms with Crippen molar-refractivity contribution < 1.29 is 9.50 Å². The third kappa shape index (κ3) is 3.19. The van der Waals surface area contributed by atoms with Crippen LogP contribution in [-0.4, -0.2) is 10.8 Å². The summed E-state index contributed by atoms with van der Waals surface area (Å²) in [5.74, 6) is 0.00429. The molecule has 0 atom stereocenters. The van der Waals surface area contributed by atoms with Crippen LogP contribution in [0.5, 0.6) is 5.75 Å². The standard InChI is InChI=1S/C16H16FNO/c1-11-9-14(19)7-8-15(11)12(2)18-10-13-5-3-4-6-16(13)17/h3-9,19H,10H2,1-2H3/b18-12+. The van der Waals surface area contributed by atoms with Crippen molar-refractivity contribution in [1.29, 1.82) is 0 Å². The van der Waals surface area contributed by atoms with Gasteiger partial charge in [0.25, 0.3) is 0 Å². The molecule has 2 aromatic carbocycles. The summed E-state index contributed by atoms with van der Waals surface area (Å²) in [5, 5.41) is 9.37. The van der Waals surface area contributed by atoms with Gasteiger partial charge in [-0.05, 0) is 49.2 Å². The molecule has 0 saturated carbocycles. The van der Waals surface area contributed by atoms with E-state index in [-0.39, 0.29) is 11.6 Å². The molecule has 0 aromatic heterocycles. The number of rotatable bonds is 3. The number of phenolic OH excluding ortho intramolecular Hbond substituents is 1. The smallest absolute Gasteiger partial charge is 0.128 e. The summed E-state index contributed by atoms with van der Waals surface area (Å²) >= 11 is 0. The monoisotopic (exact) mass is 257 g/mol. The van der Waals surface area contributed by atoms with E-state index in [1.165, 1.54) is 6.07 Å². The molecule has 0 radical (unpaired) electrons. The largest absolute Gasteiger partial charge is 0.508 e. The third-order valence-electron chi connectivity index (χ3n) is 3.04. The normalized spacial score (nSPS) is 11.6. The quantitative estimate of drug-likeness (QED) is 0.832. The first kappa shape index (κ1) is 13.3. The van der Waals surface area contributed by atoms with E-state index < -0.39 is 0 Å². The first-order chi connectivity index (χ1) is 9.08. The van der Waals surface area contributed by atoms with E-state index in [9.17, 15) is 9.50 Å². The van der Waals surface area contributed by atoms with E-state index in [1.807, 2.05) is 19.9 Å². The summed E-state index contributed by atoms with van der Waals surface area (Å²) in [4.78, 5) is 4.41. The van der Waals surface area contributed by atoms with Crippen molar-refractivity contribution in [2.45, 2.75) is 20.4 Å². The summed E-state index contributed by atoms with van der Waals surface area (Å²) in [7, 11) is 0. The topological polar surface area (TPSA) is 32.6 Å². The van der Waals surface area contributed by atoms with Crippen molar-refractivity contribution in [1.82, 2.24) is 0 Å². The Balaban J connectivity index is 2.22. The van der Waals surface area contributed by atoms with Gasteiger partial charge in [0, 0.05) is 11.3 Å². The summed E-state index contributed by atoms with van der Waals surface area (Å²) in [6, 6.07) is 11.8. The molecule has 0 aliphatic heterocycles. The number of hydrogen-bond donors (Lipinski definition) is 1. The molecule has 0 heterocycles. The number of benzene rings is 2. The maximum Gasteiger partial charge on any atom is 0.128 e. The van der Waals surface area contributed by atoms with Crippen LogP contribution >= 0.6 is 0 Å². The summed E-state index contributed by atoms with van der Waals surface area (Å²) in [6.45, 7) is 4.12. The zero-order valence-electron chi connectivity index (χ0n) is 11.0. The number of aromatic hydroxyl groups is 1. The van der Waals surface area contributed by atoms with E-state index >= 15 is 0 Å². The first-order valence-electron chi connectivity index (χ1n) is 6.12. The van der Waals surface area contributed by atoms with Gasteiger partial charge in [0.1, 0.15) is 11.6 Å². The lowest BCUT2D eigenvalue weighted by Crippen LogP contribution is -1.99. The van der Waals surface area contributed by atoms with Gasteiger partial charge in [-0.15, -0.1) is 0 Å². The Morgan fingerprint density at radius 1 is 1.21 bits per heavy atom. The molecule has 2 rings (SSSR count). The van der Waals surface area contributed by atoms with Crippen LogP contribution in [0.3, 0.4) is 0 Å². The van der Waals surface area contributed by atoms with Crippen LogP contribution in [0.4, 0.5) is 4.39 Å². The maximum atomic E-state index is 13.5. The molecule has 0 amide bonds. The molecule has 0 aliphatic carbocycles. The average Bonchev–Trinajstić information content (AvgIpc) is 2.37. The highest BCUT2D eigenvalue weighted by Gasteiger charge is 2.04. The predicted molar refractivity (Wildman–Crippen MR) is 75.2 cm³/mol. The molecule has 1 N–H and O–H groups in total. The van der Waals surface area contributed by atoms with Crippen molar-refractivity contribution in [3.63, 3.8) is 0 Å².